The molecule has 1 unspecified atom stereocenters. The molecule has 0 spiro atoms. The van der Waals surface area contributed by atoms with Crippen LogP contribution in [0.2, 0.25) is 0 Å². The summed E-state index contributed by atoms with van der Waals surface area (Å²) in [6, 6.07) is 5.91. The Labute approximate surface area is 113 Å². The number of benzene rings is 1. The number of hydrogen-bond acceptors (Lipinski definition) is 3. The zero-order valence-electron chi connectivity index (χ0n) is 10.5. The molecule has 1 aromatic carbocycles. The number of aromatic carboxylic acids is 1. The van der Waals surface area contributed by atoms with E-state index in [-0.39, 0.29) is 11.6 Å². The first kappa shape index (κ1) is 15.2. The molecule has 0 heterocycles. The van der Waals surface area contributed by atoms with Gasteiger partial charge in [0.05, 0.1) is 5.56 Å². The van der Waals surface area contributed by atoms with Crippen LogP contribution in [-0.2, 0) is 17.3 Å². The van der Waals surface area contributed by atoms with Crippen LogP contribution in [-0.4, -0.2) is 39.9 Å². The minimum absolute atomic E-state index is 0.207. The fraction of sp³-hybridized carbons (Fsp3) is 0.333. The topological polar surface area (TPSA) is 95.5 Å². The van der Waals surface area contributed by atoms with Gasteiger partial charge in [-0.25, -0.2) is 9.59 Å². The Morgan fingerprint density at radius 2 is 1.84 bits per heavy atom. The molecule has 0 bridgehead atoms. The van der Waals surface area contributed by atoms with Crippen LogP contribution in [0.5, 0.6) is 0 Å². The number of nitrogens with one attached hydrogen (secondary N) is 2. The van der Waals surface area contributed by atoms with Gasteiger partial charge >= 0.3 is 12.0 Å². The highest BCUT2D eigenvalue weighted by Crippen LogP contribution is 2.03. The smallest absolute Gasteiger partial charge is 0.335 e. The molecule has 1 rings (SSSR count). The number of carbonyl (C=O) groups excluding carboxylic acids is 1. The maximum absolute atomic E-state index is 11.4. The van der Waals surface area contributed by atoms with E-state index in [1.165, 1.54) is 12.1 Å². The fourth-order valence-electron chi connectivity index (χ4n) is 1.32. The van der Waals surface area contributed by atoms with Gasteiger partial charge < -0.3 is 15.7 Å². The summed E-state index contributed by atoms with van der Waals surface area (Å²) >= 11 is 0. The maximum Gasteiger partial charge on any atom is 0.335 e. The molecule has 3 N–H and O–H groups in total. The van der Waals surface area contributed by atoms with Crippen molar-refractivity contribution in [3.8, 4) is 0 Å². The molecule has 0 saturated carbocycles. The third kappa shape index (κ3) is 6.01. The zero-order chi connectivity index (χ0) is 14.3. The van der Waals surface area contributed by atoms with E-state index in [2.05, 4.69) is 10.6 Å². The van der Waals surface area contributed by atoms with Crippen molar-refractivity contribution in [1.82, 2.24) is 10.6 Å². The van der Waals surface area contributed by atoms with E-state index in [0.717, 1.165) is 5.56 Å². The predicted molar refractivity (Wildman–Crippen MR) is 72.6 cm³/mol. The Balaban J connectivity index is 2.33. The quantitative estimate of drug-likeness (QED) is 0.711. The van der Waals surface area contributed by atoms with Crippen molar-refractivity contribution in [2.24, 2.45) is 0 Å². The Hall–Kier alpha value is -1.89. The van der Waals surface area contributed by atoms with Crippen LogP contribution < -0.4 is 10.6 Å². The van der Waals surface area contributed by atoms with Crippen LogP contribution in [0.4, 0.5) is 4.79 Å². The first-order chi connectivity index (χ1) is 8.99. The lowest BCUT2D eigenvalue weighted by Gasteiger charge is -2.07. The van der Waals surface area contributed by atoms with Gasteiger partial charge in [0.2, 0.25) is 0 Å². The first-order valence-electron chi connectivity index (χ1n) is 5.63. The van der Waals surface area contributed by atoms with E-state index in [4.69, 9.17) is 5.11 Å². The van der Waals surface area contributed by atoms with E-state index in [1.807, 2.05) is 0 Å². The van der Waals surface area contributed by atoms with Crippen molar-refractivity contribution >= 4 is 22.8 Å². The second kappa shape index (κ2) is 7.52. The number of hydrogen-bond donors (Lipinski definition) is 3. The van der Waals surface area contributed by atoms with E-state index in [9.17, 15) is 13.8 Å². The molecule has 0 fully saturated rings. The Kier molecular flexibility index (Phi) is 6.01. The highest BCUT2D eigenvalue weighted by molar-refractivity contribution is 7.84. The van der Waals surface area contributed by atoms with Gasteiger partial charge in [-0.15, -0.1) is 0 Å². The third-order valence-electron chi connectivity index (χ3n) is 2.33. The predicted octanol–water partition coefficient (Wildman–Crippen LogP) is 0.562. The molecule has 6 nitrogen and oxygen atoms in total. The standard InChI is InChI=1S/C12H16N2O4S/c1-19(18)7-6-13-12(17)14-8-9-2-4-10(5-3-9)11(15)16/h2-5H,6-8H2,1H3,(H,15,16)(H2,13,14,17). The number of carbonyl (C=O) groups is 2. The van der Waals surface area contributed by atoms with Gasteiger partial charge in [-0.3, -0.25) is 4.21 Å². The second-order valence-electron chi connectivity index (χ2n) is 3.89. The maximum atomic E-state index is 11.4. The summed E-state index contributed by atoms with van der Waals surface area (Å²) < 4.78 is 10.8. The average Bonchev–Trinajstić information content (AvgIpc) is 2.36. The molecule has 1 atom stereocenters. The molecular formula is C12H16N2O4S. The van der Waals surface area contributed by atoms with E-state index < -0.39 is 16.8 Å². The van der Waals surface area contributed by atoms with E-state index >= 15 is 0 Å². The van der Waals surface area contributed by atoms with Crippen molar-refractivity contribution in [2.75, 3.05) is 18.6 Å². The van der Waals surface area contributed by atoms with Gasteiger partial charge in [0.15, 0.2) is 0 Å². The summed E-state index contributed by atoms with van der Waals surface area (Å²) in [4.78, 5) is 22.0. The molecule has 7 heteroatoms. The average molecular weight is 284 g/mol. The summed E-state index contributed by atoms with van der Waals surface area (Å²) in [7, 11) is -0.927. The van der Waals surface area contributed by atoms with Crippen LogP contribution in [0.1, 0.15) is 15.9 Å². The Bertz CT molecular complexity index is 473. The van der Waals surface area contributed by atoms with E-state index in [1.54, 1.807) is 18.4 Å². The lowest BCUT2D eigenvalue weighted by molar-refractivity contribution is 0.0697. The van der Waals surface area contributed by atoms with Crippen molar-refractivity contribution in [3.05, 3.63) is 35.4 Å². The van der Waals surface area contributed by atoms with Gasteiger partial charge in [-0.1, -0.05) is 12.1 Å². The minimum atomic E-state index is -0.982. The van der Waals surface area contributed by atoms with Gasteiger partial charge in [0.1, 0.15) is 0 Å². The molecule has 0 radical (unpaired) electrons. The molecule has 2 amide bonds. The Morgan fingerprint density at radius 1 is 1.21 bits per heavy atom. The highest BCUT2D eigenvalue weighted by atomic mass is 32.2. The van der Waals surface area contributed by atoms with Gasteiger partial charge in [-0.2, -0.15) is 0 Å². The number of rotatable bonds is 6. The number of carboxylic acids is 1. The summed E-state index contributed by atoms with van der Waals surface area (Å²) in [6.07, 6.45) is 1.57. The van der Waals surface area contributed by atoms with Gasteiger partial charge in [0.25, 0.3) is 0 Å². The third-order valence-corrected chi connectivity index (χ3v) is 3.11. The first-order valence-corrected chi connectivity index (χ1v) is 7.35. The highest BCUT2D eigenvalue weighted by Gasteiger charge is 2.03. The monoisotopic (exact) mass is 284 g/mol. The fourth-order valence-corrected chi connectivity index (χ4v) is 1.71. The van der Waals surface area contributed by atoms with E-state index in [0.29, 0.717) is 18.8 Å². The number of amides is 2. The second-order valence-corrected chi connectivity index (χ2v) is 5.44. The lowest BCUT2D eigenvalue weighted by Crippen LogP contribution is -2.37. The molecule has 1 aromatic rings. The lowest BCUT2D eigenvalue weighted by atomic mass is 10.1. The number of carboxylic acid groups (broad SMARTS) is 1. The van der Waals surface area contributed by atoms with Crippen LogP contribution in [0.3, 0.4) is 0 Å². The van der Waals surface area contributed by atoms with Crippen LogP contribution in [0, 0.1) is 0 Å². The molecule has 0 aliphatic heterocycles. The van der Waals surface area contributed by atoms with Crippen molar-refractivity contribution in [2.45, 2.75) is 6.54 Å². The molecule has 0 saturated heterocycles. The van der Waals surface area contributed by atoms with Crippen LogP contribution >= 0.6 is 0 Å². The summed E-state index contributed by atoms with van der Waals surface area (Å²) in [5, 5.41) is 13.9. The molecule has 0 aliphatic rings. The summed E-state index contributed by atoms with van der Waals surface area (Å²) in [5.74, 6) is -0.564. The summed E-state index contributed by atoms with van der Waals surface area (Å²) in [5.41, 5.74) is 1.01. The molecule has 0 aromatic heterocycles. The zero-order valence-corrected chi connectivity index (χ0v) is 11.3. The van der Waals surface area contributed by atoms with Gasteiger partial charge in [-0.05, 0) is 17.7 Å². The molecule has 104 valence electrons. The number of urea groups is 1. The summed E-state index contributed by atoms with van der Waals surface area (Å²) in [6.45, 7) is 0.661. The molecule has 19 heavy (non-hydrogen) atoms. The minimum Gasteiger partial charge on any atom is -0.478 e. The normalized spacial score (nSPS) is 11.6. The van der Waals surface area contributed by atoms with Gasteiger partial charge in [0, 0.05) is 35.9 Å². The Morgan fingerprint density at radius 3 is 2.37 bits per heavy atom. The van der Waals surface area contributed by atoms with Crippen molar-refractivity contribution in [3.63, 3.8) is 0 Å². The largest absolute Gasteiger partial charge is 0.478 e. The SMILES string of the molecule is CS(=O)CCNC(=O)NCc1ccc(C(=O)O)cc1. The van der Waals surface area contributed by atoms with Crippen molar-refractivity contribution in [1.29, 1.82) is 0 Å². The van der Waals surface area contributed by atoms with Crippen LogP contribution in [0.25, 0.3) is 0 Å². The molecular weight excluding hydrogens is 268 g/mol. The van der Waals surface area contributed by atoms with Crippen molar-refractivity contribution < 1.29 is 18.9 Å². The molecule has 0 aliphatic carbocycles. The van der Waals surface area contributed by atoms with Crippen LogP contribution in [0.15, 0.2) is 24.3 Å².